The van der Waals surface area contributed by atoms with Gasteiger partial charge in [-0.1, -0.05) is 85.6 Å². The number of hydrogen-bond acceptors (Lipinski definition) is 3. The molecule has 0 spiro atoms. The van der Waals surface area contributed by atoms with E-state index in [0.29, 0.717) is 11.4 Å². The minimum atomic E-state index is -3.96. The Bertz CT molecular complexity index is 1430. The van der Waals surface area contributed by atoms with Crippen LogP contribution in [0.3, 0.4) is 0 Å². The quantitative estimate of drug-likeness (QED) is 0.249. The Balaban J connectivity index is 1.70. The van der Waals surface area contributed by atoms with E-state index in [1.807, 2.05) is 61.5 Å². The predicted octanol–water partition coefficient (Wildman–Crippen LogP) is 6.99. The third kappa shape index (κ3) is 6.46. The summed E-state index contributed by atoms with van der Waals surface area (Å²) in [7, 11) is -3.96. The number of para-hydroxylation sites is 1. The number of carbonyl (C=O) groups excluding carboxylic acids is 1. The molecule has 0 bridgehead atoms. The topological polar surface area (TPSA) is 66.5 Å². The maximum atomic E-state index is 13.9. The molecule has 0 aliphatic carbocycles. The van der Waals surface area contributed by atoms with Gasteiger partial charge in [-0.15, -0.1) is 0 Å². The fourth-order valence-electron chi connectivity index (χ4n) is 4.10. The molecular formula is C31H32N2O3S. The van der Waals surface area contributed by atoms with E-state index in [1.165, 1.54) is 9.87 Å². The predicted molar refractivity (Wildman–Crippen MR) is 150 cm³/mol. The average molecular weight is 513 g/mol. The molecule has 5 nitrogen and oxygen atoms in total. The number of aryl methyl sites for hydroxylation is 2. The number of unbranched alkanes of at least 4 members (excludes halogenated alkanes) is 1. The Morgan fingerprint density at radius 1 is 0.784 bits per heavy atom. The second-order valence-electron chi connectivity index (χ2n) is 9.08. The highest BCUT2D eigenvalue weighted by Gasteiger charge is 2.28. The highest BCUT2D eigenvalue weighted by atomic mass is 32.2. The Hall–Kier alpha value is -3.90. The highest BCUT2D eigenvalue weighted by Crippen LogP contribution is 2.30. The van der Waals surface area contributed by atoms with Crippen LogP contribution in [0.25, 0.3) is 0 Å². The summed E-state index contributed by atoms with van der Waals surface area (Å²) in [6.45, 7) is 4.16. The molecule has 0 aliphatic heterocycles. The fraction of sp³-hybridized carbons (Fsp3) is 0.194. The van der Waals surface area contributed by atoms with Gasteiger partial charge in [0, 0.05) is 5.69 Å². The van der Waals surface area contributed by atoms with Crippen molar-refractivity contribution in [1.29, 1.82) is 0 Å². The molecule has 0 fully saturated rings. The van der Waals surface area contributed by atoms with Gasteiger partial charge in [0.15, 0.2) is 0 Å². The Labute approximate surface area is 219 Å². The van der Waals surface area contributed by atoms with Gasteiger partial charge < -0.3 is 5.32 Å². The summed E-state index contributed by atoms with van der Waals surface area (Å²) in [5.74, 6) is -0.367. The van der Waals surface area contributed by atoms with Crippen LogP contribution in [0.1, 0.15) is 46.8 Å². The molecule has 0 unspecified atom stereocenters. The van der Waals surface area contributed by atoms with Crippen molar-refractivity contribution in [2.75, 3.05) is 9.62 Å². The molecule has 0 radical (unpaired) electrons. The number of carbonyl (C=O) groups is 1. The minimum absolute atomic E-state index is 0.0907. The zero-order valence-electron chi connectivity index (χ0n) is 21.2. The molecule has 0 saturated carbocycles. The van der Waals surface area contributed by atoms with Crippen LogP contribution >= 0.6 is 0 Å². The number of nitrogens with zero attached hydrogens (tertiary/aromatic N) is 1. The standard InChI is InChI=1S/C31H32N2O3S/c1-3-4-10-25-17-19-27(20-18-25)32-31(34)29-13-8-9-14-30(29)33(23-26-11-6-5-7-12-26)37(35,36)28-21-15-24(2)16-22-28/h5-9,11-22H,3-4,10,23H2,1-2H3,(H,32,34). The Morgan fingerprint density at radius 3 is 2.11 bits per heavy atom. The first-order chi connectivity index (χ1) is 17.9. The zero-order valence-corrected chi connectivity index (χ0v) is 22.0. The van der Waals surface area contributed by atoms with Gasteiger partial charge >= 0.3 is 0 Å². The highest BCUT2D eigenvalue weighted by molar-refractivity contribution is 7.92. The largest absolute Gasteiger partial charge is 0.322 e. The van der Waals surface area contributed by atoms with Gasteiger partial charge in [-0.25, -0.2) is 8.42 Å². The lowest BCUT2D eigenvalue weighted by atomic mass is 10.1. The minimum Gasteiger partial charge on any atom is -0.322 e. The van der Waals surface area contributed by atoms with E-state index in [4.69, 9.17) is 0 Å². The van der Waals surface area contributed by atoms with Crippen LogP contribution in [0.5, 0.6) is 0 Å². The molecular weight excluding hydrogens is 480 g/mol. The van der Waals surface area contributed by atoms with Gasteiger partial charge in [-0.2, -0.15) is 0 Å². The van der Waals surface area contributed by atoms with E-state index >= 15 is 0 Å². The van der Waals surface area contributed by atoms with Crippen molar-refractivity contribution in [3.8, 4) is 0 Å². The second kappa shape index (κ2) is 11.9. The van der Waals surface area contributed by atoms with Crippen molar-refractivity contribution < 1.29 is 13.2 Å². The third-order valence-corrected chi connectivity index (χ3v) is 8.00. The SMILES string of the molecule is CCCCc1ccc(NC(=O)c2ccccc2N(Cc2ccccc2)S(=O)(=O)c2ccc(C)cc2)cc1. The summed E-state index contributed by atoms with van der Waals surface area (Å²) in [4.78, 5) is 13.6. The summed E-state index contributed by atoms with van der Waals surface area (Å²) < 4.78 is 29.1. The van der Waals surface area contributed by atoms with Gasteiger partial charge in [0.05, 0.1) is 22.7 Å². The monoisotopic (exact) mass is 512 g/mol. The summed E-state index contributed by atoms with van der Waals surface area (Å²) in [5, 5.41) is 2.94. The van der Waals surface area contributed by atoms with Crippen molar-refractivity contribution in [3.63, 3.8) is 0 Å². The molecule has 0 aromatic heterocycles. The normalized spacial score (nSPS) is 11.2. The molecule has 37 heavy (non-hydrogen) atoms. The average Bonchev–Trinajstić information content (AvgIpc) is 2.92. The van der Waals surface area contributed by atoms with Crippen LogP contribution < -0.4 is 9.62 Å². The number of hydrogen-bond donors (Lipinski definition) is 1. The third-order valence-electron chi connectivity index (χ3n) is 6.23. The van der Waals surface area contributed by atoms with Crippen LogP contribution in [0.4, 0.5) is 11.4 Å². The Morgan fingerprint density at radius 2 is 1.43 bits per heavy atom. The molecule has 6 heteroatoms. The molecule has 1 amide bonds. The smallest absolute Gasteiger partial charge is 0.264 e. The summed E-state index contributed by atoms with van der Waals surface area (Å²) in [6.07, 6.45) is 3.24. The molecule has 4 rings (SSSR count). The van der Waals surface area contributed by atoms with E-state index in [1.54, 1.807) is 48.5 Å². The molecule has 190 valence electrons. The van der Waals surface area contributed by atoms with Crippen molar-refractivity contribution in [3.05, 3.63) is 125 Å². The summed E-state index contributed by atoms with van der Waals surface area (Å²) in [5.41, 5.74) is 4.27. The maximum Gasteiger partial charge on any atom is 0.264 e. The number of rotatable bonds is 10. The van der Waals surface area contributed by atoms with E-state index in [9.17, 15) is 13.2 Å². The van der Waals surface area contributed by atoms with Gasteiger partial charge in [-0.3, -0.25) is 9.10 Å². The van der Waals surface area contributed by atoms with Crippen molar-refractivity contribution in [2.45, 2.75) is 44.6 Å². The second-order valence-corrected chi connectivity index (χ2v) is 10.9. The molecule has 4 aromatic rings. The first-order valence-corrected chi connectivity index (χ1v) is 13.9. The van der Waals surface area contributed by atoms with E-state index in [2.05, 4.69) is 12.2 Å². The zero-order chi connectivity index (χ0) is 26.3. The first-order valence-electron chi connectivity index (χ1n) is 12.5. The molecule has 0 saturated heterocycles. The molecule has 0 heterocycles. The number of anilines is 2. The number of amides is 1. The van der Waals surface area contributed by atoms with E-state index in [-0.39, 0.29) is 22.9 Å². The van der Waals surface area contributed by atoms with Gasteiger partial charge in [0.2, 0.25) is 0 Å². The van der Waals surface area contributed by atoms with Gasteiger partial charge in [0.25, 0.3) is 15.9 Å². The van der Waals surface area contributed by atoms with E-state index < -0.39 is 10.0 Å². The van der Waals surface area contributed by atoms with Crippen LogP contribution in [0.2, 0.25) is 0 Å². The van der Waals surface area contributed by atoms with Crippen LogP contribution in [0.15, 0.2) is 108 Å². The van der Waals surface area contributed by atoms with Gasteiger partial charge in [0.1, 0.15) is 0 Å². The number of benzene rings is 4. The van der Waals surface area contributed by atoms with Crippen molar-refractivity contribution >= 4 is 27.3 Å². The number of sulfonamides is 1. The molecule has 1 N–H and O–H groups in total. The van der Waals surface area contributed by atoms with Crippen LogP contribution in [-0.2, 0) is 23.0 Å². The van der Waals surface area contributed by atoms with Crippen LogP contribution in [-0.4, -0.2) is 14.3 Å². The molecule has 0 aliphatic rings. The molecule has 4 aromatic carbocycles. The lowest BCUT2D eigenvalue weighted by molar-refractivity contribution is 0.102. The lowest BCUT2D eigenvalue weighted by Crippen LogP contribution is -2.32. The fourth-order valence-corrected chi connectivity index (χ4v) is 5.58. The van der Waals surface area contributed by atoms with E-state index in [0.717, 1.165) is 30.4 Å². The lowest BCUT2D eigenvalue weighted by Gasteiger charge is -2.26. The van der Waals surface area contributed by atoms with Crippen molar-refractivity contribution in [2.24, 2.45) is 0 Å². The summed E-state index contributed by atoms with van der Waals surface area (Å²) >= 11 is 0. The molecule has 0 atom stereocenters. The van der Waals surface area contributed by atoms with Gasteiger partial charge in [-0.05, 0) is 67.3 Å². The Kier molecular flexibility index (Phi) is 8.41. The van der Waals surface area contributed by atoms with Crippen LogP contribution in [0, 0.1) is 6.92 Å². The van der Waals surface area contributed by atoms with Crippen molar-refractivity contribution in [1.82, 2.24) is 0 Å². The number of nitrogens with one attached hydrogen (secondary N) is 1. The first kappa shape index (κ1) is 26.2. The summed E-state index contributed by atoms with van der Waals surface area (Å²) in [6, 6.07) is 30.8. The maximum absolute atomic E-state index is 13.9.